The highest BCUT2D eigenvalue weighted by Crippen LogP contribution is 2.16. The van der Waals surface area contributed by atoms with E-state index in [4.69, 9.17) is 12.2 Å². The van der Waals surface area contributed by atoms with Gasteiger partial charge in [0.15, 0.2) is 0 Å². The van der Waals surface area contributed by atoms with Gasteiger partial charge < -0.3 is 0 Å². The molecule has 0 spiro atoms. The average molecular weight is 158 g/mol. The number of hydrogen-bond donors (Lipinski definition) is 0. The van der Waals surface area contributed by atoms with Crippen LogP contribution >= 0.6 is 12.2 Å². The van der Waals surface area contributed by atoms with Crippen LogP contribution in [0.4, 0.5) is 0 Å². The Balaban J connectivity index is 3.95. The van der Waals surface area contributed by atoms with Crippen molar-refractivity contribution in [2.75, 3.05) is 0 Å². The smallest absolute Gasteiger partial charge is 0.00154 e. The first-order valence-electron chi connectivity index (χ1n) is 4.00. The lowest BCUT2D eigenvalue weighted by Crippen LogP contribution is -2.19. The summed E-state index contributed by atoms with van der Waals surface area (Å²) in [7, 11) is 0. The summed E-state index contributed by atoms with van der Waals surface area (Å²) < 4.78 is 0. The van der Waals surface area contributed by atoms with E-state index in [9.17, 15) is 0 Å². The Morgan fingerprint density at radius 2 is 1.40 bits per heavy atom. The molecule has 10 heavy (non-hydrogen) atoms. The summed E-state index contributed by atoms with van der Waals surface area (Å²) in [6, 6.07) is 0. The van der Waals surface area contributed by atoms with Gasteiger partial charge in [0, 0.05) is 0 Å². The van der Waals surface area contributed by atoms with Crippen LogP contribution in [0.5, 0.6) is 0 Å². The molecule has 0 aromatic rings. The van der Waals surface area contributed by atoms with Crippen LogP contribution in [0, 0.1) is 17.8 Å². The molecule has 1 heteroatoms. The Morgan fingerprint density at radius 3 is 1.50 bits per heavy atom. The van der Waals surface area contributed by atoms with Gasteiger partial charge in [0.1, 0.15) is 0 Å². The van der Waals surface area contributed by atoms with Gasteiger partial charge >= 0.3 is 0 Å². The molecular weight excluding hydrogens is 140 g/mol. The fourth-order valence-corrected chi connectivity index (χ4v) is 1.13. The van der Waals surface area contributed by atoms with Crippen molar-refractivity contribution in [3.05, 3.63) is 0 Å². The topological polar surface area (TPSA) is 0 Å². The lowest BCUT2D eigenvalue weighted by Gasteiger charge is -2.19. The summed E-state index contributed by atoms with van der Waals surface area (Å²) in [5.41, 5.74) is 0. The molecule has 0 fully saturated rings. The molecule has 0 aliphatic carbocycles. The van der Waals surface area contributed by atoms with Crippen molar-refractivity contribution >= 4 is 17.1 Å². The van der Waals surface area contributed by atoms with E-state index in [0.29, 0.717) is 17.8 Å². The monoisotopic (exact) mass is 158 g/mol. The molecule has 0 rings (SSSR count). The summed E-state index contributed by atoms with van der Waals surface area (Å²) in [5.74, 6) is 1.84. The molecule has 0 radical (unpaired) electrons. The first kappa shape index (κ1) is 10.1. The van der Waals surface area contributed by atoms with E-state index in [1.807, 2.05) is 0 Å². The SMILES string of the molecule is CC(C)C(=S)C(C)C(C)C. The van der Waals surface area contributed by atoms with Crippen molar-refractivity contribution in [3.8, 4) is 0 Å². The van der Waals surface area contributed by atoms with Crippen molar-refractivity contribution in [1.29, 1.82) is 0 Å². The van der Waals surface area contributed by atoms with Gasteiger partial charge in [0.2, 0.25) is 0 Å². The first-order valence-corrected chi connectivity index (χ1v) is 4.41. The van der Waals surface area contributed by atoms with Crippen LogP contribution < -0.4 is 0 Å². The third-order valence-electron chi connectivity index (χ3n) is 2.02. The minimum Gasteiger partial charge on any atom is -0.0891 e. The lowest BCUT2D eigenvalue weighted by atomic mass is 9.89. The highest BCUT2D eigenvalue weighted by Gasteiger charge is 2.14. The maximum absolute atomic E-state index is 5.28. The van der Waals surface area contributed by atoms with E-state index < -0.39 is 0 Å². The average Bonchev–Trinajstić information content (AvgIpc) is 1.84. The Hall–Kier alpha value is 0.0900. The first-order chi connectivity index (χ1) is 4.46. The van der Waals surface area contributed by atoms with Crippen LogP contribution in [-0.4, -0.2) is 4.86 Å². The van der Waals surface area contributed by atoms with Gasteiger partial charge in [-0.15, -0.1) is 0 Å². The van der Waals surface area contributed by atoms with Crippen LogP contribution in [0.2, 0.25) is 0 Å². The third kappa shape index (κ3) is 2.78. The minimum atomic E-state index is 0.562. The van der Waals surface area contributed by atoms with Gasteiger partial charge in [0.05, 0.1) is 0 Å². The van der Waals surface area contributed by atoms with E-state index in [0.717, 1.165) is 0 Å². The second-order valence-corrected chi connectivity index (χ2v) is 4.06. The van der Waals surface area contributed by atoms with E-state index in [1.54, 1.807) is 0 Å². The van der Waals surface area contributed by atoms with Crippen LogP contribution in [0.3, 0.4) is 0 Å². The molecule has 60 valence electrons. The summed E-state index contributed by atoms with van der Waals surface area (Å²) in [5, 5.41) is 0. The molecule has 0 saturated carbocycles. The molecule has 0 aromatic carbocycles. The van der Waals surface area contributed by atoms with Gasteiger partial charge in [-0.05, 0) is 22.6 Å². The molecule has 1 unspecified atom stereocenters. The Bertz CT molecular complexity index is 114. The largest absolute Gasteiger partial charge is 0.0891 e. The van der Waals surface area contributed by atoms with Crippen molar-refractivity contribution in [1.82, 2.24) is 0 Å². The van der Waals surface area contributed by atoms with Crippen molar-refractivity contribution < 1.29 is 0 Å². The Labute approximate surface area is 70.0 Å². The van der Waals surface area contributed by atoms with Crippen LogP contribution in [0.25, 0.3) is 0 Å². The molecule has 0 aliphatic heterocycles. The highest BCUT2D eigenvalue weighted by atomic mass is 32.1. The van der Waals surface area contributed by atoms with Gasteiger partial charge in [-0.2, -0.15) is 0 Å². The minimum absolute atomic E-state index is 0.562. The maximum Gasteiger partial charge on any atom is -0.00154 e. The standard InChI is InChI=1S/C9H18S/c1-6(2)8(5)9(10)7(3)4/h6-8H,1-5H3. The summed E-state index contributed by atoms with van der Waals surface area (Å²) in [6.45, 7) is 11.0. The maximum atomic E-state index is 5.28. The van der Waals surface area contributed by atoms with E-state index >= 15 is 0 Å². The van der Waals surface area contributed by atoms with Gasteiger partial charge in [-0.25, -0.2) is 0 Å². The zero-order chi connectivity index (χ0) is 8.31. The Kier molecular flexibility index (Phi) is 4.11. The zero-order valence-electron chi connectivity index (χ0n) is 7.64. The van der Waals surface area contributed by atoms with Gasteiger partial charge in [-0.3, -0.25) is 0 Å². The zero-order valence-corrected chi connectivity index (χ0v) is 8.46. The van der Waals surface area contributed by atoms with Crippen LogP contribution in [-0.2, 0) is 0 Å². The van der Waals surface area contributed by atoms with Gasteiger partial charge in [-0.1, -0.05) is 46.8 Å². The summed E-state index contributed by atoms with van der Waals surface area (Å²) in [4.78, 5) is 1.22. The van der Waals surface area contributed by atoms with E-state index in [2.05, 4.69) is 34.6 Å². The summed E-state index contributed by atoms with van der Waals surface area (Å²) in [6.07, 6.45) is 0. The van der Waals surface area contributed by atoms with Crippen molar-refractivity contribution in [2.45, 2.75) is 34.6 Å². The molecule has 0 heterocycles. The fraction of sp³-hybridized carbons (Fsp3) is 0.889. The van der Waals surface area contributed by atoms with Crippen LogP contribution in [0.1, 0.15) is 34.6 Å². The molecular formula is C9H18S. The molecule has 0 nitrogen and oxygen atoms in total. The second-order valence-electron chi connectivity index (χ2n) is 3.59. The van der Waals surface area contributed by atoms with E-state index in [1.165, 1.54) is 4.86 Å². The Morgan fingerprint density at radius 1 is 1.00 bits per heavy atom. The molecule has 0 aliphatic rings. The molecule has 0 N–H and O–H groups in total. The third-order valence-corrected chi connectivity index (χ3v) is 2.86. The fourth-order valence-electron chi connectivity index (χ4n) is 0.854. The number of hydrogen-bond acceptors (Lipinski definition) is 1. The molecule has 0 bridgehead atoms. The summed E-state index contributed by atoms with van der Waals surface area (Å²) >= 11 is 5.28. The predicted octanol–water partition coefficient (Wildman–Crippen LogP) is 3.30. The van der Waals surface area contributed by atoms with Crippen molar-refractivity contribution in [2.24, 2.45) is 17.8 Å². The molecule has 0 saturated heterocycles. The molecule has 0 aromatic heterocycles. The molecule has 0 amide bonds. The number of rotatable bonds is 3. The van der Waals surface area contributed by atoms with E-state index in [-0.39, 0.29) is 0 Å². The highest BCUT2D eigenvalue weighted by molar-refractivity contribution is 7.80. The van der Waals surface area contributed by atoms with Crippen LogP contribution in [0.15, 0.2) is 0 Å². The predicted molar refractivity (Wildman–Crippen MR) is 51.4 cm³/mol. The van der Waals surface area contributed by atoms with Crippen molar-refractivity contribution in [3.63, 3.8) is 0 Å². The van der Waals surface area contributed by atoms with Gasteiger partial charge in [0.25, 0.3) is 0 Å². The normalized spacial score (nSPS) is 14.3. The quantitative estimate of drug-likeness (QED) is 0.568. The number of thiocarbonyl (C=S) groups is 1. The molecule has 1 atom stereocenters. The second kappa shape index (κ2) is 4.07. The lowest BCUT2D eigenvalue weighted by molar-refractivity contribution is 0.521.